The third-order valence-corrected chi connectivity index (χ3v) is 5.88. The smallest absolute Gasteiger partial charge is 0.290 e. The first-order chi connectivity index (χ1) is 13.5. The first-order valence-corrected chi connectivity index (χ1v) is 10.1. The van der Waals surface area contributed by atoms with Gasteiger partial charge in [0, 0.05) is 47.2 Å². The lowest BCUT2D eigenvalue weighted by Crippen LogP contribution is -2.50. The van der Waals surface area contributed by atoms with Gasteiger partial charge in [0.05, 0.1) is 5.02 Å². The topological polar surface area (TPSA) is 53.8 Å². The van der Waals surface area contributed by atoms with Gasteiger partial charge in [0.1, 0.15) is 0 Å². The van der Waals surface area contributed by atoms with Crippen LogP contribution in [0.25, 0.3) is 11.0 Å². The molecule has 144 valence electrons. The number of amides is 2. The van der Waals surface area contributed by atoms with E-state index in [0.29, 0.717) is 48.1 Å². The lowest BCUT2D eigenvalue weighted by Gasteiger charge is -2.34. The Morgan fingerprint density at radius 2 is 1.57 bits per heavy atom. The van der Waals surface area contributed by atoms with E-state index in [2.05, 4.69) is 15.9 Å². The maximum atomic E-state index is 13.0. The molecule has 0 unspecified atom stereocenters. The van der Waals surface area contributed by atoms with Gasteiger partial charge in [0.2, 0.25) is 0 Å². The number of carbonyl (C=O) groups is 2. The van der Waals surface area contributed by atoms with Crippen molar-refractivity contribution in [2.45, 2.75) is 6.92 Å². The molecule has 0 saturated carbocycles. The fourth-order valence-electron chi connectivity index (χ4n) is 3.44. The van der Waals surface area contributed by atoms with Gasteiger partial charge in [-0.15, -0.1) is 0 Å². The molecular weight excluding hydrogens is 444 g/mol. The molecule has 1 aliphatic heterocycles. The summed E-state index contributed by atoms with van der Waals surface area (Å²) in [5.41, 5.74) is 1.97. The van der Waals surface area contributed by atoms with Gasteiger partial charge in [-0.3, -0.25) is 9.59 Å². The summed E-state index contributed by atoms with van der Waals surface area (Å²) in [6.45, 7) is 3.76. The number of piperazine rings is 1. The second-order valence-electron chi connectivity index (χ2n) is 6.76. The largest absolute Gasteiger partial charge is 0.449 e. The van der Waals surface area contributed by atoms with Gasteiger partial charge in [0.25, 0.3) is 11.8 Å². The summed E-state index contributed by atoms with van der Waals surface area (Å²) in [6.07, 6.45) is 0. The molecule has 0 bridgehead atoms. The van der Waals surface area contributed by atoms with E-state index in [1.54, 1.807) is 28.0 Å². The van der Waals surface area contributed by atoms with E-state index in [1.165, 1.54) is 0 Å². The van der Waals surface area contributed by atoms with E-state index in [4.69, 9.17) is 16.0 Å². The van der Waals surface area contributed by atoms with Crippen molar-refractivity contribution >= 4 is 50.3 Å². The fraction of sp³-hybridized carbons (Fsp3) is 0.238. The van der Waals surface area contributed by atoms with Crippen molar-refractivity contribution in [2.24, 2.45) is 0 Å². The van der Waals surface area contributed by atoms with Gasteiger partial charge >= 0.3 is 0 Å². The minimum Gasteiger partial charge on any atom is -0.449 e. The molecule has 2 aromatic carbocycles. The zero-order valence-electron chi connectivity index (χ0n) is 15.2. The number of para-hydroxylation sites is 1. The molecule has 3 aromatic rings. The Kier molecular flexibility index (Phi) is 5.17. The molecule has 1 fully saturated rings. The molecule has 0 N–H and O–H groups in total. The molecule has 5 nitrogen and oxygen atoms in total. The van der Waals surface area contributed by atoms with Gasteiger partial charge < -0.3 is 14.2 Å². The highest BCUT2D eigenvalue weighted by Gasteiger charge is 2.29. The molecule has 7 heteroatoms. The Labute approximate surface area is 176 Å². The number of nitrogens with zero attached hydrogens (tertiary/aromatic N) is 2. The zero-order chi connectivity index (χ0) is 19.8. The maximum absolute atomic E-state index is 13.0. The summed E-state index contributed by atoms with van der Waals surface area (Å²) in [6, 6.07) is 12.8. The highest BCUT2D eigenvalue weighted by Crippen LogP contribution is 2.31. The van der Waals surface area contributed by atoms with E-state index < -0.39 is 0 Å². The lowest BCUT2D eigenvalue weighted by atomic mass is 10.1. The number of rotatable bonds is 2. The molecule has 28 heavy (non-hydrogen) atoms. The van der Waals surface area contributed by atoms with Gasteiger partial charge in [-0.2, -0.15) is 0 Å². The van der Waals surface area contributed by atoms with Crippen LogP contribution in [0.3, 0.4) is 0 Å². The van der Waals surface area contributed by atoms with E-state index in [-0.39, 0.29) is 11.8 Å². The van der Waals surface area contributed by atoms with Crippen LogP contribution in [-0.4, -0.2) is 47.8 Å². The Morgan fingerprint density at radius 1 is 0.964 bits per heavy atom. The number of aryl methyl sites for hydroxylation is 1. The maximum Gasteiger partial charge on any atom is 0.290 e. The van der Waals surface area contributed by atoms with Crippen LogP contribution in [0.4, 0.5) is 0 Å². The number of hydrogen-bond acceptors (Lipinski definition) is 3. The fourth-order valence-corrected chi connectivity index (χ4v) is 3.92. The van der Waals surface area contributed by atoms with Crippen LogP contribution < -0.4 is 0 Å². The molecule has 0 aliphatic carbocycles. The lowest BCUT2D eigenvalue weighted by molar-refractivity contribution is 0.0519. The zero-order valence-corrected chi connectivity index (χ0v) is 17.6. The molecule has 0 spiro atoms. The number of carbonyl (C=O) groups excluding carboxylic acids is 2. The second-order valence-corrected chi connectivity index (χ2v) is 8.09. The van der Waals surface area contributed by atoms with Crippen molar-refractivity contribution < 1.29 is 14.0 Å². The van der Waals surface area contributed by atoms with Crippen molar-refractivity contribution in [3.63, 3.8) is 0 Å². The predicted molar refractivity (Wildman–Crippen MR) is 112 cm³/mol. The van der Waals surface area contributed by atoms with E-state index >= 15 is 0 Å². The summed E-state index contributed by atoms with van der Waals surface area (Å²) in [4.78, 5) is 29.1. The summed E-state index contributed by atoms with van der Waals surface area (Å²) in [7, 11) is 0. The Morgan fingerprint density at radius 3 is 2.18 bits per heavy atom. The summed E-state index contributed by atoms with van der Waals surface area (Å²) in [5, 5.41) is 1.34. The first-order valence-electron chi connectivity index (χ1n) is 8.97. The van der Waals surface area contributed by atoms with Gasteiger partial charge in [-0.1, -0.05) is 39.7 Å². The molecule has 2 heterocycles. The SMILES string of the molecule is Cc1c(C(=O)N2CCN(C(=O)c3ccc(Br)cc3)CC2)oc2c(Cl)cccc12. The van der Waals surface area contributed by atoms with Gasteiger partial charge in [-0.25, -0.2) is 0 Å². The molecule has 2 amide bonds. The quantitative estimate of drug-likeness (QED) is 0.553. The van der Waals surface area contributed by atoms with Crippen molar-refractivity contribution in [3.05, 3.63) is 68.8 Å². The summed E-state index contributed by atoms with van der Waals surface area (Å²) < 4.78 is 6.72. The summed E-state index contributed by atoms with van der Waals surface area (Å²) >= 11 is 9.56. The minimum absolute atomic E-state index is 0.0219. The molecule has 1 aliphatic rings. The van der Waals surface area contributed by atoms with Crippen molar-refractivity contribution in [3.8, 4) is 0 Å². The number of hydrogen-bond donors (Lipinski definition) is 0. The van der Waals surface area contributed by atoms with E-state index in [9.17, 15) is 9.59 Å². The Balaban J connectivity index is 1.47. The molecular formula is C21H18BrClN2O3. The third-order valence-electron chi connectivity index (χ3n) is 5.06. The van der Waals surface area contributed by atoms with Crippen LogP contribution in [-0.2, 0) is 0 Å². The highest BCUT2D eigenvalue weighted by atomic mass is 79.9. The van der Waals surface area contributed by atoms with Crippen LogP contribution in [0, 0.1) is 6.92 Å². The molecule has 1 aromatic heterocycles. The number of furan rings is 1. The van der Waals surface area contributed by atoms with Gasteiger partial charge in [-0.05, 0) is 37.3 Å². The third kappa shape index (κ3) is 3.42. The molecule has 0 radical (unpaired) electrons. The van der Waals surface area contributed by atoms with Crippen molar-refractivity contribution in [1.29, 1.82) is 0 Å². The van der Waals surface area contributed by atoms with Crippen LogP contribution in [0.2, 0.25) is 5.02 Å². The normalized spacial score (nSPS) is 14.5. The standard InChI is InChI=1S/C21H18BrClN2O3/c1-13-16-3-2-4-17(23)19(16)28-18(13)21(27)25-11-9-24(10-12-25)20(26)14-5-7-15(22)8-6-14/h2-8H,9-12H2,1H3. The first kappa shape index (κ1) is 19.0. The van der Waals surface area contributed by atoms with Gasteiger partial charge in [0.15, 0.2) is 11.3 Å². The van der Waals surface area contributed by atoms with E-state index in [1.807, 2.05) is 31.2 Å². The van der Waals surface area contributed by atoms with Crippen LogP contribution in [0.15, 0.2) is 51.4 Å². The monoisotopic (exact) mass is 460 g/mol. The molecule has 0 atom stereocenters. The Bertz CT molecular complexity index is 1050. The average Bonchev–Trinajstić information content (AvgIpc) is 3.06. The predicted octanol–water partition coefficient (Wildman–Crippen LogP) is 4.76. The number of fused-ring (bicyclic) bond motifs is 1. The number of benzene rings is 2. The Hall–Kier alpha value is -2.31. The molecule has 1 saturated heterocycles. The van der Waals surface area contributed by atoms with E-state index in [0.717, 1.165) is 15.4 Å². The number of halogens is 2. The van der Waals surface area contributed by atoms with Crippen LogP contribution in [0.1, 0.15) is 26.5 Å². The van der Waals surface area contributed by atoms with Crippen LogP contribution >= 0.6 is 27.5 Å². The average molecular weight is 462 g/mol. The second kappa shape index (κ2) is 7.60. The van der Waals surface area contributed by atoms with Crippen molar-refractivity contribution in [1.82, 2.24) is 9.80 Å². The van der Waals surface area contributed by atoms with Crippen LogP contribution in [0.5, 0.6) is 0 Å². The van der Waals surface area contributed by atoms with Crippen molar-refractivity contribution in [2.75, 3.05) is 26.2 Å². The highest BCUT2D eigenvalue weighted by molar-refractivity contribution is 9.10. The minimum atomic E-state index is -0.166. The molecule has 4 rings (SSSR count). The summed E-state index contributed by atoms with van der Waals surface area (Å²) in [5.74, 6) is 0.127.